The van der Waals surface area contributed by atoms with Gasteiger partial charge in [-0.05, 0) is 18.9 Å². The average Bonchev–Trinajstić information content (AvgIpc) is 2.30. The average molecular weight is 190 g/mol. The molecule has 1 heterocycles. The number of nitrogens with zero attached hydrogens (tertiary/aromatic N) is 1. The first kappa shape index (κ1) is 9.53. The van der Waals surface area contributed by atoms with Crippen LogP contribution >= 0.6 is 0 Å². The quantitative estimate of drug-likeness (QED) is 0.702. The van der Waals surface area contributed by atoms with E-state index in [1.165, 1.54) is 24.8 Å². The second kappa shape index (κ2) is 4.47. The molecule has 0 aromatic heterocycles. The highest BCUT2D eigenvalue weighted by molar-refractivity contribution is 5.35. The summed E-state index contributed by atoms with van der Waals surface area (Å²) in [6.07, 6.45) is 3.69. The monoisotopic (exact) mass is 190 g/mol. The van der Waals surface area contributed by atoms with Gasteiger partial charge in [0.2, 0.25) is 0 Å². The number of methoxy groups -OCH3 is 1. The Bertz CT molecular complexity index is 292. The SMILES string of the molecule is COc1ccccc1[C@@H]1CCCC[N]1. The maximum Gasteiger partial charge on any atom is 0.123 e. The van der Waals surface area contributed by atoms with Gasteiger partial charge in [-0.3, -0.25) is 0 Å². The van der Waals surface area contributed by atoms with E-state index in [2.05, 4.69) is 17.4 Å². The summed E-state index contributed by atoms with van der Waals surface area (Å²) in [4.78, 5) is 0. The minimum atomic E-state index is 0.361. The van der Waals surface area contributed by atoms with E-state index in [0.29, 0.717) is 6.04 Å². The fourth-order valence-electron chi connectivity index (χ4n) is 1.98. The van der Waals surface area contributed by atoms with Gasteiger partial charge in [0, 0.05) is 12.1 Å². The lowest BCUT2D eigenvalue weighted by atomic mass is 9.97. The van der Waals surface area contributed by atoms with Gasteiger partial charge < -0.3 is 4.74 Å². The molecule has 1 aromatic carbocycles. The van der Waals surface area contributed by atoms with Crippen LogP contribution in [0.5, 0.6) is 5.75 Å². The predicted octanol–water partition coefficient (Wildman–Crippen LogP) is 2.52. The van der Waals surface area contributed by atoms with E-state index in [4.69, 9.17) is 4.74 Å². The molecule has 0 unspecified atom stereocenters. The van der Waals surface area contributed by atoms with Crippen molar-refractivity contribution in [1.29, 1.82) is 0 Å². The van der Waals surface area contributed by atoms with Gasteiger partial charge >= 0.3 is 0 Å². The van der Waals surface area contributed by atoms with Crippen LogP contribution in [-0.2, 0) is 0 Å². The molecule has 1 aliphatic rings. The smallest absolute Gasteiger partial charge is 0.123 e. The molecule has 0 bridgehead atoms. The third-order valence-corrected chi connectivity index (χ3v) is 2.73. The van der Waals surface area contributed by atoms with Crippen LogP contribution in [0.25, 0.3) is 0 Å². The van der Waals surface area contributed by atoms with Crippen LogP contribution in [0.4, 0.5) is 0 Å². The molecule has 1 radical (unpaired) electrons. The van der Waals surface area contributed by atoms with Crippen molar-refractivity contribution in [2.45, 2.75) is 25.3 Å². The highest BCUT2D eigenvalue weighted by Gasteiger charge is 2.18. The Labute approximate surface area is 85.3 Å². The molecule has 0 spiro atoms. The molecule has 0 saturated carbocycles. The molecule has 1 fully saturated rings. The molecule has 1 aromatic rings. The first-order valence-electron chi connectivity index (χ1n) is 5.21. The summed E-state index contributed by atoms with van der Waals surface area (Å²) in [7, 11) is 1.72. The zero-order chi connectivity index (χ0) is 9.80. The summed E-state index contributed by atoms with van der Waals surface area (Å²) in [5.74, 6) is 0.975. The minimum Gasteiger partial charge on any atom is -0.496 e. The number of benzene rings is 1. The first-order valence-corrected chi connectivity index (χ1v) is 5.21. The lowest BCUT2D eigenvalue weighted by molar-refractivity contribution is 0.369. The molecule has 1 aliphatic heterocycles. The van der Waals surface area contributed by atoms with Crippen LogP contribution in [0, 0.1) is 0 Å². The summed E-state index contributed by atoms with van der Waals surface area (Å²) in [5, 5.41) is 4.63. The standard InChI is InChI=1S/C12H16NO/c1-14-12-8-3-2-6-10(12)11-7-4-5-9-13-11/h2-3,6,8,11H,4-5,7,9H2,1H3/t11-/m0/s1. The second-order valence-electron chi connectivity index (χ2n) is 3.66. The van der Waals surface area contributed by atoms with Crippen molar-refractivity contribution in [3.8, 4) is 5.75 Å². The zero-order valence-corrected chi connectivity index (χ0v) is 8.57. The third kappa shape index (κ3) is 1.90. The third-order valence-electron chi connectivity index (χ3n) is 2.73. The van der Waals surface area contributed by atoms with E-state index in [9.17, 15) is 0 Å². The van der Waals surface area contributed by atoms with Crippen molar-refractivity contribution >= 4 is 0 Å². The molecular weight excluding hydrogens is 174 g/mol. The fourth-order valence-corrected chi connectivity index (χ4v) is 1.98. The van der Waals surface area contributed by atoms with Crippen molar-refractivity contribution in [2.75, 3.05) is 13.7 Å². The Morgan fingerprint density at radius 2 is 2.14 bits per heavy atom. The summed E-state index contributed by atoms with van der Waals surface area (Å²) in [6, 6.07) is 8.56. The Hall–Kier alpha value is -1.02. The molecule has 2 nitrogen and oxygen atoms in total. The molecule has 0 aliphatic carbocycles. The number of para-hydroxylation sites is 1. The summed E-state index contributed by atoms with van der Waals surface area (Å²) in [6.45, 7) is 1.00. The molecule has 75 valence electrons. The minimum absolute atomic E-state index is 0.361. The molecule has 1 saturated heterocycles. The number of hydrogen-bond acceptors (Lipinski definition) is 1. The van der Waals surface area contributed by atoms with E-state index < -0.39 is 0 Å². The molecule has 2 rings (SSSR count). The van der Waals surface area contributed by atoms with E-state index in [1.54, 1.807) is 7.11 Å². The molecular formula is C12H16NO. The Morgan fingerprint density at radius 3 is 2.86 bits per heavy atom. The Kier molecular flexibility index (Phi) is 3.04. The second-order valence-corrected chi connectivity index (χ2v) is 3.66. The molecule has 0 amide bonds. The Morgan fingerprint density at radius 1 is 1.29 bits per heavy atom. The molecule has 2 heteroatoms. The van der Waals surface area contributed by atoms with Crippen LogP contribution < -0.4 is 10.1 Å². The van der Waals surface area contributed by atoms with Crippen LogP contribution in [-0.4, -0.2) is 13.7 Å². The van der Waals surface area contributed by atoms with Gasteiger partial charge in [0.25, 0.3) is 0 Å². The largest absolute Gasteiger partial charge is 0.496 e. The zero-order valence-electron chi connectivity index (χ0n) is 8.57. The molecule has 14 heavy (non-hydrogen) atoms. The maximum atomic E-state index is 5.34. The highest BCUT2D eigenvalue weighted by Crippen LogP contribution is 2.30. The van der Waals surface area contributed by atoms with Crippen LogP contribution in [0.15, 0.2) is 24.3 Å². The number of ether oxygens (including phenoxy) is 1. The van der Waals surface area contributed by atoms with E-state index in [-0.39, 0.29) is 0 Å². The van der Waals surface area contributed by atoms with E-state index in [0.717, 1.165) is 12.3 Å². The van der Waals surface area contributed by atoms with Crippen LogP contribution in [0.1, 0.15) is 30.9 Å². The van der Waals surface area contributed by atoms with Crippen LogP contribution in [0.3, 0.4) is 0 Å². The summed E-state index contributed by atoms with van der Waals surface area (Å²) < 4.78 is 5.34. The normalized spacial score (nSPS) is 21.9. The van der Waals surface area contributed by atoms with Gasteiger partial charge in [-0.25, -0.2) is 5.32 Å². The van der Waals surface area contributed by atoms with E-state index in [1.807, 2.05) is 12.1 Å². The van der Waals surface area contributed by atoms with Gasteiger partial charge in [0.15, 0.2) is 0 Å². The van der Waals surface area contributed by atoms with Gasteiger partial charge in [-0.1, -0.05) is 24.6 Å². The maximum absolute atomic E-state index is 5.34. The highest BCUT2D eigenvalue weighted by atomic mass is 16.5. The lowest BCUT2D eigenvalue weighted by Crippen LogP contribution is -2.20. The fraction of sp³-hybridized carbons (Fsp3) is 0.500. The molecule has 0 N–H and O–H groups in total. The summed E-state index contributed by atoms with van der Waals surface area (Å²) >= 11 is 0. The summed E-state index contributed by atoms with van der Waals surface area (Å²) in [5.41, 5.74) is 1.25. The Balaban J connectivity index is 2.20. The molecule has 1 atom stereocenters. The number of hydrogen-bond donors (Lipinski definition) is 0. The predicted molar refractivity (Wildman–Crippen MR) is 56.6 cm³/mol. The van der Waals surface area contributed by atoms with Gasteiger partial charge in [0.05, 0.1) is 13.2 Å². The van der Waals surface area contributed by atoms with Crippen molar-refractivity contribution in [1.82, 2.24) is 5.32 Å². The number of rotatable bonds is 2. The topological polar surface area (TPSA) is 23.3 Å². The van der Waals surface area contributed by atoms with Gasteiger partial charge in [-0.2, -0.15) is 0 Å². The van der Waals surface area contributed by atoms with Crippen LogP contribution in [0.2, 0.25) is 0 Å². The number of piperidine rings is 1. The van der Waals surface area contributed by atoms with E-state index >= 15 is 0 Å². The van der Waals surface area contributed by atoms with Crippen molar-refractivity contribution in [3.05, 3.63) is 29.8 Å². The van der Waals surface area contributed by atoms with Crippen molar-refractivity contribution < 1.29 is 4.74 Å². The van der Waals surface area contributed by atoms with Gasteiger partial charge in [0.1, 0.15) is 5.75 Å². The van der Waals surface area contributed by atoms with Gasteiger partial charge in [-0.15, -0.1) is 0 Å². The van der Waals surface area contributed by atoms with Crippen molar-refractivity contribution in [3.63, 3.8) is 0 Å². The lowest BCUT2D eigenvalue weighted by Gasteiger charge is -2.23. The van der Waals surface area contributed by atoms with Crippen molar-refractivity contribution in [2.24, 2.45) is 0 Å². The first-order chi connectivity index (χ1) is 6.92.